The van der Waals surface area contributed by atoms with Crippen LogP contribution in [-0.2, 0) is 4.79 Å². The Morgan fingerprint density at radius 2 is 1.81 bits per heavy atom. The van der Waals surface area contributed by atoms with Crippen LogP contribution in [-0.4, -0.2) is 18.1 Å². The van der Waals surface area contributed by atoms with Gasteiger partial charge in [-0.05, 0) is 30.5 Å². The van der Waals surface area contributed by atoms with Crippen molar-refractivity contribution in [2.45, 2.75) is 50.2 Å². The molecule has 3 N–H and O–H groups in total. The molecule has 0 aliphatic heterocycles. The van der Waals surface area contributed by atoms with E-state index in [4.69, 9.17) is 5.73 Å². The van der Waals surface area contributed by atoms with E-state index in [1.165, 1.54) is 24.3 Å². The topological polar surface area (TPSA) is 55.1 Å². The van der Waals surface area contributed by atoms with Gasteiger partial charge in [0.25, 0.3) is 0 Å². The quantitative estimate of drug-likeness (QED) is 0.838. The van der Waals surface area contributed by atoms with Crippen molar-refractivity contribution in [2.24, 2.45) is 0 Å². The number of hydrogen-bond acceptors (Lipinski definition) is 2. The molecule has 6 heteroatoms. The maximum Gasteiger partial charge on any atom is 0.390 e. The Morgan fingerprint density at radius 3 is 2.33 bits per heavy atom. The van der Waals surface area contributed by atoms with Gasteiger partial charge < -0.3 is 11.1 Å². The van der Waals surface area contributed by atoms with Crippen LogP contribution in [0.15, 0.2) is 24.3 Å². The molecule has 1 atom stereocenters. The van der Waals surface area contributed by atoms with E-state index in [-0.39, 0.29) is 6.04 Å². The predicted molar refractivity (Wildman–Crippen MR) is 74.7 cm³/mol. The number of anilines is 1. The third-order valence-electron chi connectivity index (χ3n) is 3.79. The number of carbonyl (C=O) groups excluding carboxylic acids is 1. The molecule has 1 aliphatic rings. The number of amides is 1. The number of nitrogens with one attached hydrogen (secondary N) is 1. The predicted octanol–water partition coefficient (Wildman–Crippen LogP) is 3.36. The average Bonchev–Trinajstić information content (AvgIpc) is 2.89. The van der Waals surface area contributed by atoms with E-state index in [2.05, 4.69) is 5.32 Å². The summed E-state index contributed by atoms with van der Waals surface area (Å²) in [4.78, 5) is 12.2. The van der Waals surface area contributed by atoms with Crippen LogP contribution in [0.4, 0.5) is 18.9 Å². The van der Waals surface area contributed by atoms with E-state index in [1.54, 1.807) is 0 Å². The summed E-state index contributed by atoms with van der Waals surface area (Å²) in [5, 5.41) is 2.74. The minimum absolute atomic E-state index is 0.00187. The van der Waals surface area contributed by atoms with Gasteiger partial charge in [-0.3, -0.25) is 4.79 Å². The van der Waals surface area contributed by atoms with E-state index in [1.807, 2.05) is 0 Å². The van der Waals surface area contributed by atoms with Gasteiger partial charge in [0.05, 0.1) is 12.3 Å². The van der Waals surface area contributed by atoms with Gasteiger partial charge in [0, 0.05) is 11.7 Å². The van der Waals surface area contributed by atoms with E-state index in [9.17, 15) is 18.0 Å². The number of rotatable bonds is 4. The van der Waals surface area contributed by atoms with Crippen molar-refractivity contribution in [1.29, 1.82) is 0 Å². The van der Waals surface area contributed by atoms with Crippen molar-refractivity contribution in [1.82, 2.24) is 5.32 Å². The Balaban J connectivity index is 2.14. The number of carbonyl (C=O) groups is 1. The van der Waals surface area contributed by atoms with Crippen molar-refractivity contribution in [2.75, 3.05) is 5.73 Å². The third-order valence-corrected chi connectivity index (χ3v) is 3.79. The van der Waals surface area contributed by atoms with Crippen LogP contribution in [0.1, 0.15) is 43.6 Å². The molecule has 3 nitrogen and oxygen atoms in total. The van der Waals surface area contributed by atoms with Crippen molar-refractivity contribution in [3.63, 3.8) is 0 Å². The van der Waals surface area contributed by atoms with Crippen LogP contribution in [0.2, 0.25) is 0 Å². The van der Waals surface area contributed by atoms with Gasteiger partial charge in [0.2, 0.25) is 5.91 Å². The fourth-order valence-electron chi connectivity index (χ4n) is 2.69. The number of alkyl halides is 3. The molecule has 1 amide bonds. The molecule has 0 radical (unpaired) electrons. The number of nitrogen functional groups attached to an aromatic ring is 1. The molecule has 1 aliphatic carbocycles. The van der Waals surface area contributed by atoms with Crippen LogP contribution in [0.5, 0.6) is 0 Å². The fraction of sp³-hybridized carbons (Fsp3) is 0.533. The highest BCUT2D eigenvalue weighted by Gasteiger charge is 2.37. The molecule has 1 unspecified atom stereocenters. The first-order chi connectivity index (χ1) is 9.85. The maximum atomic E-state index is 12.7. The lowest BCUT2D eigenvalue weighted by atomic mass is 9.94. The van der Waals surface area contributed by atoms with Gasteiger partial charge in [-0.1, -0.05) is 25.0 Å². The lowest BCUT2D eigenvalue weighted by molar-refractivity contribution is -0.148. The highest BCUT2D eigenvalue weighted by atomic mass is 19.4. The van der Waals surface area contributed by atoms with Crippen molar-refractivity contribution < 1.29 is 18.0 Å². The molecule has 1 saturated carbocycles. The Labute approximate surface area is 121 Å². The summed E-state index contributed by atoms with van der Waals surface area (Å²) in [6.07, 6.45) is -1.85. The smallest absolute Gasteiger partial charge is 0.390 e. The number of hydrogen-bond donors (Lipinski definition) is 2. The largest absolute Gasteiger partial charge is 0.399 e. The molecule has 1 fully saturated rings. The van der Waals surface area contributed by atoms with Crippen LogP contribution < -0.4 is 11.1 Å². The first-order valence-electron chi connectivity index (χ1n) is 7.08. The lowest BCUT2D eigenvalue weighted by Gasteiger charge is -2.21. The second-order valence-corrected chi connectivity index (χ2v) is 5.53. The van der Waals surface area contributed by atoms with Crippen LogP contribution in [0.3, 0.4) is 0 Å². The van der Waals surface area contributed by atoms with Crippen molar-refractivity contribution in [3.05, 3.63) is 29.8 Å². The highest BCUT2D eigenvalue weighted by Crippen LogP contribution is 2.32. The number of halogens is 3. The van der Waals surface area contributed by atoms with Crippen LogP contribution in [0.25, 0.3) is 0 Å². The van der Waals surface area contributed by atoms with Gasteiger partial charge in [-0.15, -0.1) is 0 Å². The Kier molecular flexibility index (Phi) is 4.75. The molecule has 0 spiro atoms. The first kappa shape index (κ1) is 15.7. The summed E-state index contributed by atoms with van der Waals surface area (Å²) in [5.41, 5.74) is 6.34. The standard InChI is InChI=1S/C15H19F3N2O/c16-15(17,18)9-13(10-5-7-11(19)8-6-10)14(21)20-12-3-1-2-4-12/h5-8,12-13H,1-4,9,19H2,(H,20,21). The van der Waals surface area contributed by atoms with Gasteiger partial charge in [-0.25, -0.2) is 0 Å². The molecule has 116 valence electrons. The minimum Gasteiger partial charge on any atom is -0.399 e. The summed E-state index contributed by atoms with van der Waals surface area (Å²) in [7, 11) is 0. The molecule has 1 aromatic rings. The summed E-state index contributed by atoms with van der Waals surface area (Å²) < 4.78 is 38.2. The summed E-state index contributed by atoms with van der Waals surface area (Å²) in [5.74, 6) is -1.77. The molecule has 21 heavy (non-hydrogen) atoms. The van der Waals surface area contributed by atoms with Crippen molar-refractivity contribution >= 4 is 11.6 Å². The molecule has 0 aromatic heterocycles. The van der Waals surface area contributed by atoms with Gasteiger partial charge in [0.15, 0.2) is 0 Å². The van der Waals surface area contributed by atoms with E-state index in [0.29, 0.717) is 11.3 Å². The number of nitrogens with two attached hydrogens (primary N) is 1. The fourth-order valence-corrected chi connectivity index (χ4v) is 2.69. The van der Waals surface area contributed by atoms with Gasteiger partial charge in [0.1, 0.15) is 0 Å². The third kappa shape index (κ3) is 4.65. The highest BCUT2D eigenvalue weighted by molar-refractivity contribution is 5.84. The first-order valence-corrected chi connectivity index (χ1v) is 7.08. The van der Waals surface area contributed by atoms with Crippen molar-refractivity contribution in [3.8, 4) is 0 Å². The summed E-state index contributed by atoms with van der Waals surface area (Å²) in [6.45, 7) is 0. The SMILES string of the molecule is Nc1ccc(C(CC(F)(F)F)C(=O)NC2CCCC2)cc1. The molecule has 1 aromatic carbocycles. The van der Waals surface area contributed by atoms with E-state index in [0.717, 1.165) is 25.7 Å². The van der Waals surface area contributed by atoms with Gasteiger partial charge in [-0.2, -0.15) is 13.2 Å². The van der Waals surface area contributed by atoms with Crippen LogP contribution in [0, 0.1) is 0 Å². The molecule has 0 saturated heterocycles. The zero-order valence-corrected chi connectivity index (χ0v) is 11.6. The number of benzene rings is 1. The molecule has 0 bridgehead atoms. The monoisotopic (exact) mass is 300 g/mol. The average molecular weight is 300 g/mol. The Hall–Kier alpha value is -1.72. The molecule has 0 heterocycles. The maximum absolute atomic E-state index is 12.7. The second kappa shape index (κ2) is 6.37. The normalized spacial score (nSPS) is 17.7. The zero-order valence-electron chi connectivity index (χ0n) is 11.6. The molecular weight excluding hydrogens is 281 g/mol. The Morgan fingerprint density at radius 1 is 1.24 bits per heavy atom. The van der Waals surface area contributed by atoms with E-state index < -0.39 is 24.4 Å². The van der Waals surface area contributed by atoms with E-state index >= 15 is 0 Å². The molecule has 2 rings (SSSR count). The van der Waals surface area contributed by atoms with Gasteiger partial charge >= 0.3 is 6.18 Å². The lowest BCUT2D eigenvalue weighted by Crippen LogP contribution is -2.38. The zero-order chi connectivity index (χ0) is 15.5. The summed E-state index contributed by atoms with van der Waals surface area (Å²) >= 11 is 0. The minimum atomic E-state index is -4.39. The summed E-state index contributed by atoms with van der Waals surface area (Å²) in [6, 6.07) is 6.00. The molecular formula is C15H19F3N2O. The Bertz CT molecular complexity index is 479. The van der Waals surface area contributed by atoms with Crippen LogP contribution >= 0.6 is 0 Å². The second-order valence-electron chi connectivity index (χ2n) is 5.53.